The lowest BCUT2D eigenvalue weighted by Crippen LogP contribution is -2.51. The summed E-state index contributed by atoms with van der Waals surface area (Å²) in [7, 11) is 1.07. The molecule has 242 valence electrons. The smallest absolute Gasteiger partial charge is 0.380 e. The molecular weight excluding hydrogens is 601 g/mol. The van der Waals surface area contributed by atoms with Crippen LogP contribution in [0, 0.1) is 0 Å². The van der Waals surface area contributed by atoms with Crippen LogP contribution in [0.2, 0.25) is 0 Å². The molecule has 5 rings (SSSR count). The normalized spacial score (nSPS) is 18.8. The molecule has 2 saturated heterocycles. The lowest BCUT2D eigenvalue weighted by atomic mass is 9.90. The third-order valence-electron chi connectivity index (χ3n) is 8.18. The Balaban J connectivity index is 1.15. The molecule has 10 nitrogen and oxygen atoms in total. The molecule has 0 aliphatic carbocycles. The van der Waals surface area contributed by atoms with Crippen LogP contribution in [0.1, 0.15) is 25.7 Å². The summed E-state index contributed by atoms with van der Waals surface area (Å²) in [5.41, 5.74) is 0.988. The number of aromatic nitrogens is 3. The Kier molecular flexibility index (Phi) is 9.12. The van der Waals surface area contributed by atoms with E-state index in [0.717, 1.165) is 29.8 Å². The van der Waals surface area contributed by atoms with Crippen molar-refractivity contribution in [1.29, 1.82) is 0 Å². The Bertz CT molecular complexity index is 1540. The van der Waals surface area contributed by atoms with Gasteiger partial charge in [-0.3, -0.25) is 14.5 Å². The van der Waals surface area contributed by atoms with Gasteiger partial charge in [0.15, 0.2) is 0 Å². The minimum atomic E-state index is -4.48. The van der Waals surface area contributed by atoms with Gasteiger partial charge in [-0.1, -0.05) is 18.2 Å². The third-order valence-corrected chi connectivity index (χ3v) is 8.18. The summed E-state index contributed by atoms with van der Waals surface area (Å²) in [6.45, 7) is 0.0523. The van der Waals surface area contributed by atoms with Gasteiger partial charge in [0.1, 0.15) is 29.9 Å². The average molecular weight is 636 g/mol. The van der Waals surface area contributed by atoms with E-state index >= 15 is 0 Å². The third kappa shape index (κ3) is 7.95. The SMILES string of the molecule is CN(CC(F)(F)F)C(=O)/C=C/CN1CCC(O)(C(=O)Nc2ccc(-c3cc4c(N5CCC(F)(F)CC5)ncnc4[nH]3)cc2)CC1. The number of amides is 2. The van der Waals surface area contributed by atoms with Crippen LogP contribution < -0.4 is 10.2 Å². The van der Waals surface area contributed by atoms with E-state index in [1.807, 2.05) is 15.9 Å². The lowest BCUT2D eigenvalue weighted by molar-refractivity contribution is -0.155. The van der Waals surface area contributed by atoms with Gasteiger partial charge in [0.2, 0.25) is 5.91 Å². The van der Waals surface area contributed by atoms with Crippen molar-refractivity contribution < 1.29 is 36.6 Å². The van der Waals surface area contributed by atoms with E-state index in [4.69, 9.17) is 0 Å². The molecule has 4 heterocycles. The molecule has 0 spiro atoms. The minimum absolute atomic E-state index is 0.139. The second-order valence-electron chi connectivity index (χ2n) is 11.6. The number of halogens is 5. The number of fused-ring (bicyclic) bond motifs is 1. The Morgan fingerprint density at radius 1 is 1.07 bits per heavy atom. The Hall–Kier alpha value is -4.11. The molecule has 45 heavy (non-hydrogen) atoms. The molecule has 2 aliphatic heterocycles. The predicted molar refractivity (Wildman–Crippen MR) is 158 cm³/mol. The number of aromatic amines is 1. The number of carbonyl (C=O) groups is 2. The number of likely N-dealkylation sites (tertiary alicyclic amines) is 1. The maximum atomic E-state index is 13.7. The molecule has 1 aromatic carbocycles. The number of hydrogen-bond acceptors (Lipinski definition) is 7. The van der Waals surface area contributed by atoms with Crippen molar-refractivity contribution in [3.8, 4) is 11.3 Å². The van der Waals surface area contributed by atoms with Gasteiger partial charge in [0.05, 0.1) is 5.39 Å². The molecule has 0 radical (unpaired) electrons. The highest BCUT2D eigenvalue weighted by atomic mass is 19.4. The first-order valence-corrected chi connectivity index (χ1v) is 14.5. The van der Waals surface area contributed by atoms with Crippen molar-refractivity contribution in [2.24, 2.45) is 0 Å². The lowest BCUT2D eigenvalue weighted by Gasteiger charge is -2.36. The number of nitrogens with zero attached hydrogens (tertiary/aromatic N) is 5. The molecule has 2 amide bonds. The van der Waals surface area contributed by atoms with Gasteiger partial charge in [0, 0.05) is 70.1 Å². The van der Waals surface area contributed by atoms with Crippen molar-refractivity contribution >= 4 is 34.4 Å². The summed E-state index contributed by atoms with van der Waals surface area (Å²) in [5.74, 6) is -3.38. The van der Waals surface area contributed by atoms with Crippen molar-refractivity contribution in [3.05, 3.63) is 48.8 Å². The van der Waals surface area contributed by atoms with Crippen LogP contribution in [0.4, 0.5) is 33.5 Å². The second kappa shape index (κ2) is 12.7. The number of piperidine rings is 2. The van der Waals surface area contributed by atoms with Gasteiger partial charge in [-0.2, -0.15) is 13.2 Å². The first kappa shape index (κ1) is 32.3. The topological polar surface area (TPSA) is 118 Å². The summed E-state index contributed by atoms with van der Waals surface area (Å²) in [6, 6.07) is 8.86. The van der Waals surface area contributed by atoms with Crippen LogP contribution in [-0.4, -0.2) is 106 Å². The molecule has 0 saturated carbocycles. The van der Waals surface area contributed by atoms with Crippen LogP contribution >= 0.6 is 0 Å². The second-order valence-corrected chi connectivity index (χ2v) is 11.6. The van der Waals surface area contributed by atoms with Crippen LogP contribution in [0.15, 0.2) is 48.8 Å². The van der Waals surface area contributed by atoms with Crippen LogP contribution in [-0.2, 0) is 9.59 Å². The molecule has 0 bridgehead atoms. The van der Waals surface area contributed by atoms with E-state index in [0.29, 0.717) is 41.7 Å². The zero-order valence-corrected chi connectivity index (χ0v) is 24.6. The van der Waals surface area contributed by atoms with Crippen molar-refractivity contribution in [2.75, 3.05) is 56.5 Å². The Morgan fingerprint density at radius 2 is 1.73 bits per heavy atom. The highest BCUT2D eigenvalue weighted by Crippen LogP contribution is 2.34. The largest absolute Gasteiger partial charge is 0.406 e. The van der Waals surface area contributed by atoms with Crippen LogP contribution in [0.25, 0.3) is 22.3 Å². The fourth-order valence-electron chi connectivity index (χ4n) is 5.47. The highest BCUT2D eigenvalue weighted by molar-refractivity contribution is 5.97. The number of aliphatic hydroxyl groups is 1. The molecule has 2 aromatic heterocycles. The molecule has 0 unspecified atom stereocenters. The number of alkyl halides is 5. The first-order valence-electron chi connectivity index (χ1n) is 14.5. The number of hydrogen-bond donors (Lipinski definition) is 3. The molecule has 2 aliphatic rings. The molecular formula is C30H34F5N7O3. The maximum Gasteiger partial charge on any atom is 0.406 e. The van der Waals surface area contributed by atoms with Crippen molar-refractivity contribution in [2.45, 2.75) is 43.4 Å². The molecule has 2 fully saturated rings. The maximum absolute atomic E-state index is 13.7. The first-order chi connectivity index (χ1) is 21.2. The number of nitrogens with one attached hydrogen (secondary N) is 2. The quantitative estimate of drug-likeness (QED) is 0.251. The van der Waals surface area contributed by atoms with E-state index < -0.39 is 36.1 Å². The van der Waals surface area contributed by atoms with Crippen molar-refractivity contribution in [1.82, 2.24) is 24.8 Å². The fraction of sp³-hybridized carbons (Fsp3) is 0.467. The summed E-state index contributed by atoms with van der Waals surface area (Å²) in [4.78, 5) is 41.0. The zero-order chi connectivity index (χ0) is 32.4. The number of carbonyl (C=O) groups excluding carboxylic acids is 2. The average Bonchev–Trinajstić information content (AvgIpc) is 3.42. The van der Waals surface area contributed by atoms with E-state index in [9.17, 15) is 36.6 Å². The predicted octanol–water partition coefficient (Wildman–Crippen LogP) is 4.20. The fourth-order valence-corrected chi connectivity index (χ4v) is 5.47. The molecule has 3 N–H and O–H groups in total. The number of likely N-dealkylation sites (N-methyl/N-ethyl adjacent to an activating group) is 1. The summed E-state index contributed by atoms with van der Waals surface area (Å²) in [5, 5.41) is 14.5. The van der Waals surface area contributed by atoms with Gasteiger partial charge in [-0.05, 0) is 36.6 Å². The van der Waals surface area contributed by atoms with E-state index in [1.54, 1.807) is 24.3 Å². The molecule has 3 aromatic rings. The number of H-pyrrole nitrogens is 1. The minimum Gasteiger partial charge on any atom is -0.380 e. The van der Waals surface area contributed by atoms with E-state index in [2.05, 4.69) is 20.3 Å². The Labute approximate surface area is 255 Å². The van der Waals surface area contributed by atoms with Crippen LogP contribution in [0.5, 0.6) is 0 Å². The number of anilines is 2. The Morgan fingerprint density at radius 3 is 2.38 bits per heavy atom. The van der Waals surface area contributed by atoms with E-state index in [1.165, 1.54) is 12.4 Å². The monoisotopic (exact) mass is 635 g/mol. The molecule has 15 heteroatoms. The van der Waals surface area contributed by atoms with Gasteiger partial charge in [0.25, 0.3) is 11.8 Å². The molecule has 0 atom stereocenters. The van der Waals surface area contributed by atoms with E-state index in [-0.39, 0.29) is 38.8 Å². The standard InChI is InChI=1S/C30H34F5N7O3/c1-40(18-30(33,34)35)24(43)3-2-12-41-13-8-28(45,9-14-41)27(44)38-21-6-4-20(5-7-21)23-17-22-25(39-23)36-19-37-26(22)42-15-10-29(31,32)11-16-42/h2-7,17,19,45H,8-16,18H2,1H3,(H,38,44)(H,36,37,39)/b3-2+. The number of benzene rings is 1. The summed E-state index contributed by atoms with van der Waals surface area (Å²) >= 11 is 0. The van der Waals surface area contributed by atoms with Gasteiger partial charge in [-0.25, -0.2) is 18.7 Å². The van der Waals surface area contributed by atoms with Gasteiger partial charge < -0.3 is 25.2 Å². The van der Waals surface area contributed by atoms with Crippen LogP contribution in [0.3, 0.4) is 0 Å². The van der Waals surface area contributed by atoms with Gasteiger partial charge in [-0.15, -0.1) is 0 Å². The summed E-state index contributed by atoms with van der Waals surface area (Å²) < 4.78 is 64.7. The van der Waals surface area contributed by atoms with Gasteiger partial charge >= 0.3 is 6.18 Å². The summed E-state index contributed by atoms with van der Waals surface area (Å²) in [6.07, 6.45) is -0.705. The highest BCUT2D eigenvalue weighted by Gasteiger charge is 2.39. The number of rotatable bonds is 8. The van der Waals surface area contributed by atoms with Crippen molar-refractivity contribution in [3.63, 3.8) is 0 Å². The zero-order valence-electron chi connectivity index (χ0n) is 24.6.